The lowest BCUT2D eigenvalue weighted by Gasteiger charge is -2.34. The SMILES string of the molecule is COCCCCC1(CC(=O)N(C)C)C=CCCC1. The van der Waals surface area contributed by atoms with Crippen molar-refractivity contribution < 1.29 is 9.53 Å². The summed E-state index contributed by atoms with van der Waals surface area (Å²) in [6.07, 6.45) is 12.1. The van der Waals surface area contributed by atoms with Gasteiger partial charge in [-0.15, -0.1) is 0 Å². The van der Waals surface area contributed by atoms with Crippen molar-refractivity contribution in [3.63, 3.8) is 0 Å². The first-order valence-electron chi connectivity index (χ1n) is 6.96. The normalized spacial score (nSPS) is 23.1. The van der Waals surface area contributed by atoms with E-state index in [1.165, 1.54) is 6.42 Å². The molecule has 3 nitrogen and oxygen atoms in total. The Bertz CT molecular complexity index is 286. The summed E-state index contributed by atoms with van der Waals surface area (Å²) >= 11 is 0. The molecular weight excluding hydrogens is 226 g/mol. The molecule has 1 amide bonds. The maximum absolute atomic E-state index is 12.0. The molecule has 0 radical (unpaired) electrons. The number of ether oxygens (including phenoxy) is 1. The van der Waals surface area contributed by atoms with Crippen LogP contribution in [0.4, 0.5) is 0 Å². The minimum absolute atomic E-state index is 0.105. The number of rotatable bonds is 7. The predicted octanol–water partition coefficient (Wildman–Crippen LogP) is 3.01. The van der Waals surface area contributed by atoms with Gasteiger partial charge in [-0.3, -0.25) is 4.79 Å². The third kappa shape index (κ3) is 4.81. The smallest absolute Gasteiger partial charge is 0.222 e. The molecule has 18 heavy (non-hydrogen) atoms. The summed E-state index contributed by atoms with van der Waals surface area (Å²) in [5.41, 5.74) is 0.105. The molecule has 0 spiro atoms. The Morgan fingerprint density at radius 1 is 1.39 bits per heavy atom. The topological polar surface area (TPSA) is 29.5 Å². The van der Waals surface area contributed by atoms with Crippen molar-refractivity contribution in [1.82, 2.24) is 4.90 Å². The minimum atomic E-state index is 0.105. The largest absolute Gasteiger partial charge is 0.385 e. The molecule has 104 valence electrons. The van der Waals surface area contributed by atoms with Crippen LogP contribution in [0.1, 0.15) is 44.9 Å². The number of unbranched alkanes of at least 4 members (excludes halogenated alkanes) is 1. The Hall–Kier alpha value is -0.830. The summed E-state index contributed by atoms with van der Waals surface area (Å²) in [6.45, 7) is 0.821. The molecule has 0 saturated carbocycles. The van der Waals surface area contributed by atoms with E-state index < -0.39 is 0 Å². The lowest BCUT2D eigenvalue weighted by atomic mass is 9.72. The first kappa shape index (κ1) is 15.2. The van der Waals surface area contributed by atoms with Crippen LogP contribution in [0.5, 0.6) is 0 Å². The van der Waals surface area contributed by atoms with Crippen molar-refractivity contribution in [3.05, 3.63) is 12.2 Å². The number of allylic oxidation sites excluding steroid dienone is 2. The second kappa shape index (κ2) is 7.57. The van der Waals surface area contributed by atoms with Gasteiger partial charge in [-0.1, -0.05) is 18.6 Å². The van der Waals surface area contributed by atoms with Crippen LogP contribution < -0.4 is 0 Å². The molecule has 0 fully saturated rings. The maximum Gasteiger partial charge on any atom is 0.222 e. The average molecular weight is 253 g/mol. The molecule has 0 aromatic carbocycles. The number of carbonyl (C=O) groups is 1. The van der Waals surface area contributed by atoms with Crippen molar-refractivity contribution in [1.29, 1.82) is 0 Å². The molecular formula is C15H27NO2. The summed E-state index contributed by atoms with van der Waals surface area (Å²) in [4.78, 5) is 13.7. The van der Waals surface area contributed by atoms with E-state index in [1.807, 2.05) is 14.1 Å². The van der Waals surface area contributed by atoms with E-state index in [1.54, 1.807) is 12.0 Å². The van der Waals surface area contributed by atoms with Gasteiger partial charge in [0.1, 0.15) is 0 Å². The monoisotopic (exact) mass is 253 g/mol. The summed E-state index contributed by atoms with van der Waals surface area (Å²) in [5, 5.41) is 0. The Kier molecular flexibility index (Phi) is 6.41. The fourth-order valence-corrected chi connectivity index (χ4v) is 2.62. The average Bonchev–Trinajstić information content (AvgIpc) is 2.36. The molecule has 1 aliphatic carbocycles. The van der Waals surface area contributed by atoms with Gasteiger partial charge in [-0.2, -0.15) is 0 Å². The number of hydrogen-bond donors (Lipinski definition) is 0. The molecule has 0 saturated heterocycles. The van der Waals surface area contributed by atoms with Gasteiger partial charge in [0, 0.05) is 34.2 Å². The molecule has 0 aliphatic heterocycles. The van der Waals surface area contributed by atoms with Crippen LogP contribution in [-0.4, -0.2) is 38.6 Å². The van der Waals surface area contributed by atoms with Crippen molar-refractivity contribution in [3.8, 4) is 0 Å². The van der Waals surface area contributed by atoms with Crippen LogP contribution in [0.3, 0.4) is 0 Å². The van der Waals surface area contributed by atoms with E-state index in [0.717, 1.165) is 38.7 Å². The number of carbonyl (C=O) groups excluding carboxylic acids is 1. The van der Waals surface area contributed by atoms with Crippen LogP contribution in [0.25, 0.3) is 0 Å². The van der Waals surface area contributed by atoms with Crippen molar-refractivity contribution in [2.75, 3.05) is 27.8 Å². The van der Waals surface area contributed by atoms with Crippen LogP contribution in [0.2, 0.25) is 0 Å². The minimum Gasteiger partial charge on any atom is -0.385 e. The van der Waals surface area contributed by atoms with Gasteiger partial charge in [0.05, 0.1) is 0 Å². The van der Waals surface area contributed by atoms with E-state index in [9.17, 15) is 4.79 Å². The fourth-order valence-electron chi connectivity index (χ4n) is 2.62. The Labute approximate surface area is 111 Å². The van der Waals surface area contributed by atoms with Gasteiger partial charge in [0.2, 0.25) is 5.91 Å². The summed E-state index contributed by atoms with van der Waals surface area (Å²) in [5.74, 6) is 0.244. The summed E-state index contributed by atoms with van der Waals surface area (Å²) in [7, 11) is 5.42. The van der Waals surface area contributed by atoms with E-state index >= 15 is 0 Å². The van der Waals surface area contributed by atoms with Crippen LogP contribution in [0, 0.1) is 5.41 Å². The second-order valence-corrected chi connectivity index (χ2v) is 5.57. The first-order chi connectivity index (χ1) is 8.59. The standard InChI is InChI=1S/C15H27NO2/c1-16(2)14(17)13-15(9-5-4-6-10-15)11-7-8-12-18-3/h5,9H,4,6-8,10-13H2,1-3H3. The highest BCUT2D eigenvalue weighted by atomic mass is 16.5. The quantitative estimate of drug-likeness (QED) is 0.515. The zero-order valence-electron chi connectivity index (χ0n) is 12.1. The van der Waals surface area contributed by atoms with Crippen LogP contribution in [-0.2, 0) is 9.53 Å². The Morgan fingerprint density at radius 3 is 2.72 bits per heavy atom. The van der Waals surface area contributed by atoms with Crippen LogP contribution >= 0.6 is 0 Å². The number of nitrogens with zero attached hydrogens (tertiary/aromatic N) is 1. The highest BCUT2D eigenvalue weighted by Gasteiger charge is 2.31. The molecule has 1 aliphatic rings. The predicted molar refractivity (Wildman–Crippen MR) is 74.5 cm³/mol. The molecule has 0 N–H and O–H groups in total. The van der Waals surface area contributed by atoms with Crippen molar-refractivity contribution >= 4 is 5.91 Å². The third-order valence-electron chi connectivity index (χ3n) is 3.79. The molecule has 1 unspecified atom stereocenters. The van der Waals surface area contributed by atoms with Crippen LogP contribution in [0.15, 0.2) is 12.2 Å². The zero-order chi connectivity index (χ0) is 13.4. The molecule has 0 aromatic rings. The molecule has 0 aromatic heterocycles. The molecule has 1 atom stereocenters. The Balaban J connectivity index is 2.55. The van der Waals surface area contributed by atoms with Crippen molar-refractivity contribution in [2.24, 2.45) is 5.41 Å². The van der Waals surface area contributed by atoms with E-state index in [2.05, 4.69) is 12.2 Å². The highest BCUT2D eigenvalue weighted by molar-refractivity contribution is 5.76. The lowest BCUT2D eigenvalue weighted by molar-refractivity contribution is -0.130. The van der Waals surface area contributed by atoms with Gasteiger partial charge in [0.25, 0.3) is 0 Å². The van der Waals surface area contributed by atoms with E-state index in [4.69, 9.17) is 4.74 Å². The molecule has 0 bridgehead atoms. The molecule has 3 heteroatoms. The molecule has 1 rings (SSSR count). The first-order valence-corrected chi connectivity index (χ1v) is 6.96. The third-order valence-corrected chi connectivity index (χ3v) is 3.79. The summed E-state index contributed by atoms with van der Waals surface area (Å²) < 4.78 is 5.09. The highest BCUT2D eigenvalue weighted by Crippen LogP contribution is 2.39. The van der Waals surface area contributed by atoms with Gasteiger partial charge < -0.3 is 9.64 Å². The Morgan fingerprint density at radius 2 is 2.17 bits per heavy atom. The number of methoxy groups -OCH3 is 1. The zero-order valence-corrected chi connectivity index (χ0v) is 12.1. The van der Waals surface area contributed by atoms with Gasteiger partial charge in [-0.25, -0.2) is 0 Å². The second-order valence-electron chi connectivity index (χ2n) is 5.57. The molecule has 0 heterocycles. The number of hydrogen-bond acceptors (Lipinski definition) is 2. The van der Waals surface area contributed by atoms with Gasteiger partial charge in [0.15, 0.2) is 0 Å². The van der Waals surface area contributed by atoms with Gasteiger partial charge in [-0.05, 0) is 37.5 Å². The lowest BCUT2D eigenvalue weighted by Crippen LogP contribution is -2.31. The van der Waals surface area contributed by atoms with Gasteiger partial charge >= 0.3 is 0 Å². The summed E-state index contributed by atoms with van der Waals surface area (Å²) in [6, 6.07) is 0. The maximum atomic E-state index is 12.0. The fraction of sp³-hybridized carbons (Fsp3) is 0.800. The number of amides is 1. The van der Waals surface area contributed by atoms with Crippen molar-refractivity contribution in [2.45, 2.75) is 44.9 Å². The van der Waals surface area contributed by atoms with E-state index in [0.29, 0.717) is 6.42 Å². The van der Waals surface area contributed by atoms with E-state index in [-0.39, 0.29) is 11.3 Å².